The summed E-state index contributed by atoms with van der Waals surface area (Å²) < 4.78 is 22.7. The standard InChI is InChI=1S/C14H26N4O2S2.HI/c1-4-5-6-7-11(2)18-14(16-3)17-10-12-8-9-13(21-12)22(15,19)20;/h8-9,11H,4-7,10H2,1-3H3,(H2,15,19,20)(H2,16,17,18);1H. The van der Waals surface area contributed by atoms with Gasteiger partial charge in [0.1, 0.15) is 4.21 Å². The van der Waals surface area contributed by atoms with Gasteiger partial charge in [-0.25, -0.2) is 13.6 Å². The van der Waals surface area contributed by atoms with Crippen molar-refractivity contribution in [1.29, 1.82) is 0 Å². The number of hydrogen-bond acceptors (Lipinski definition) is 4. The van der Waals surface area contributed by atoms with E-state index in [-0.39, 0.29) is 28.2 Å². The van der Waals surface area contributed by atoms with Crippen LogP contribution in [-0.4, -0.2) is 27.5 Å². The van der Waals surface area contributed by atoms with E-state index in [0.29, 0.717) is 12.6 Å². The number of nitrogens with two attached hydrogens (primary N) is 1. The Kier molecular flexibility index (Phi) is 11.0. The lowest BCUT2D eigenvalue weighted by Gasteiger charge is -2.17. The predicted molar refractivity (Wildman–Crippen MR) is 108 cm³/mol. The van der Waals surface area contributed by atoms with Crippen molar-refractivity contribution in [3.05, 3.63) is 17.0 Å². The summed E-state index contributed by atoms with van der Waals surface area (Å²) in [6.07, 6.45) is 4.75. The molecule has 1 aromatic heterocycles. The molecule has 1 heterocycles. The van der Waals surface area contributed by atoms with Crippen molar-refractivity contribution in [3.63, 3.8) is 0 Å². The number of nitrogens with one attached hydrogen (secondary N) is 2. The molecule has 1 rings (SSSR count). The van der Waals surface area contributed by atoms with Gasteiger partial charge >= 0.3 is 0 Å². The molecule has 1 atom stereocenters. The number of primary sulfonamides is 1. The molecule has 0 aliphatic carbocycles. The fraction of sp³-hybridized carbons (Fsp3) is 0.643. The first-order chi connectivity index (χ1) is 10.4. The maximum absolute atomic E-state index is 11.2. The molecule has 0 aliphatic rings. The Labute approximate surface area is 160 Å². The molecule has 134 valence electrons. The van der Waals surface area contributed by atoms with Gasteiger partial charge in [0.25, 0.3) is 0 Å². The second-order valence-electron chi connectivity index (χ2n) is 5.23. The maximum Gasteiger partial charge on any atom is 0.247 e. The van der Waals surface area contributed by atoms with Gasteiger partial charge in [-0.3, -0.25) is 4.99 Å². The lowest BCUT2D eigenvalue weighted by molar-refractivity contribution is 0.547. The third-order valence-electron chi connectivity index (χ3n) is 3.19. The van der Waals surface area contributed by atoms with E-state index >= 15 is 0 Å². The third-order valence-corrected chi connectivity index (χ3v) is 5.72. The van der Waals surface area contributed by atoms with Crippen molar-refractivity contribution >= 4 is 51.3 Å². The van der Waals surface area contributed by atoms with Crippen LogP contribution in [-0.2, 0) is 16.6 Å². The summed E-state index contributed by atoms with van der Waals surface area (Å²) in [5, 5.41) is 11.6. The number of guanidine groups is 1. The molecule has 0 bridgehead atoms. The Morgan fingerprint density at radius 1 is 1.39 bits per heavy atom. The number of rotatable bonds is 8. The molecule has 0 spiro atoms. The first kappa shape index (κ1) is 22.6. The molecule has 0 fully saturated rings. The average molecular weight is 474 g/mol. The number of sulfonamides is 1. The molecular weight excluding hydrogens is 447 g/mol. The summed E-state index contributed by atoms with van der Waals surface area (Å²) in [5.74, 6) is 0.717. The Hall–Kier alpha value is -0.390. The highest BCUT2D eigenvalue weighted by molar-refractivity contribution is 14.0. The first-order valence-corrected chi connectivity index (χ1v) is 9.81. The summed E-state index contributed by atoms with van der Waals surface area (Å²) in [5.41, 5.74) is 0. The number of halogens is 1. The van der Waals surface area contributed by atoms with Gasteiger partial charge in [-0.2, -0.15) is 0 Å². The van der Waals surface area contributed by atoms with E-state index in [1.54, 1.807) is 13.1 Å². The SMILES string of the molecule is CCCCCC(C)NC(=NC)NCc1ccc(S(N)(=O)=O)s1.I. The highest BCUT2D eigenvalue weighted by Gasteiger charge is 2.11. The molecule has 1 unspecified atom stereocenters. The average Bonchev–Trinajstić information content (AvgIpc) is 2.92. The second kappa shape index (κ2) is 11.2. The summed E-state index contributed by atoms with van der Waals surface area (Å²) >= 11 is 1.17. The van der Waals surface area contributed by atoms with Gasteiger partial charge in [0.05, 0.1) is 6.54 Å². The monoisotopic (exact) mass is 474 g/mol. The normalized spacial score (nSPS) is 13.3. The van der Waals surface area contributed by atoms with Gasteiger partial charge in [-0.15, -0.1) is 35.3 Å². The second-order valence-corrected chi connectivity index (χ2v) is 8.19. The summed E-state index contributed by atoms with van der Waals surface area (Å²) in [6.45, 7) is 4.84. The van der Waals surface area contributed by atoms with Gasteiger partial charge in [0.2, 0.25) is 10.0 Å². The smallest absolute Gasteiger partial charge is 0.247 e. The van der Waals surface area contributed by atoms with E-state index in [4.69, 9.17) is 5.14 Å². The van der Waals surface area contributed by atoms with Crippen molar-refractivity contribution < 1.29 is 8.42 Å². The molecule has 0 amide bonds. The zero-order valence-electron chi connectivity index (χ0n) is 13.8. The molecule has 23 heavy (non-hydrogen) atoms. The molecule has 0 radical (unpaired) electrons. The summed E-state index contributed by atoms with van der Waals surface area (Å²) in [7, 11) is -1.89. The van der Waals surface area contributed by atoms with Crippen LogP contribution in [0.3, 0.4) is 0 Å². The van der Waals surface area contributed by atoms with E-state index in [9.17, 15) is 8.42 Å². The van der Waals surface area contributed by atoms with Crippen LogP contribution in [0.15, 0.2) is 21.3 Å². The predicted octanol–water partition coefficient (Wildman–Crippen LogP) is 2.65. The van der Waals surface area contributed by atoms with Crippen molar-refractivity contribution in [2.24, 2.45) is 10.1 Å². The van der Waals surface area contributed by atoms with Crippen molar-refractivity contribution in [2.45, 2.75) is 56.3 Å². The Morgan fingerprint density at radius 3 is 2.61 bits per heavy atom. The van der Waals surface area contributed by atoms with Crippen LogP contribution < -0.4 is 15.8 Å². The molecule has 6 nitrogen and oxygen atoms in total. The molecule has 0 saturated carbocycles. The summed E-state index contributed by atoms with van der Waals surface area (Å²) in [6, 6.07) is 3.64. The summed E-state index contributed by atoms with van der Waals surface area (Å²) in [4.78, 5) is 5.08. The molecule has 4 N–H and O–H groups in total. The Morgan fingerprint density at radius 2 is 2.09 bits per heavy atom. The van der Waals surface area contributed by atoms with E-state index in [1.165, 1.54) is 36.7 Å². The topological polar surface area (TPSA) is 96.6 Å². The first-order valence-electron chi connectivity index (χ1n) is 7.45. The number of unbranched alkanes of at least 4 members (excludes halogenated alkanes) is 2. The van der Waals surface area contributed by atoms with Crippen molar-refractivity contribution in [3.8, 4) is 0 Å². The quantitative estimate of drug-likeness (QED) is 0.234. The van der Waals surface area contributed by atoms with E-state index in [0.717, 1.165) is 17.3 Å². The van der Waals surface area contributed by atoms with Gasteiger partial charge in [-0.1, -0.05) is 26.2 Å². The molecule has 9 heteroatoms. The van der Waals surface area contributed by atoms with E-state index < -0.39 is 10.0 Å². The molecule has 0 aromatic carbocycles. The van der Waals surface area contributed by atoms with Crippen LogP contribution in [0.5, 0.6) is 0 Å². The maximum atomic E-state index is 11.2. The fourth-order valence-electron chi connectivity index (χ4n) is 1.98. The largest absolute Gasteiger partial charge is 0.354 e. The van der Waals surface area contributed by atoms with Gasteiger partial charge in [0.15, 0.2) is 5.96 Å². The van der Waals surface area contributed by atoms with Crippen LogP contribution in [0.25, 0.3) is 0 Å². The minimum Gasteiger partial charge on any atom is -0.354 e. The minimum atomic E-state index is -3.61. The number of aliphatic imine (C=N–C) groups is 1. The van der Waals surface area contributed by atoms with Crippen LogP contribution in [0.1, 0.15) is 44.4 Å². The molecule has 1 aromatic rings. The van der Waals surface area contributed by atoms with Gasteiger partial charge < -0.3 is 10.6 Å². The van der Waals surface area contributed by atoms with Crippen LogP contribution in [0.4, 0.5) is 0 Å². The van der Waals surface area contributed by atoms with Crippen LogP contribution >= 0.6 is 35.3 Å². The minimum absolute atomic E-state index is 0. The number of nitrogens with zero attached hydrogens (tertiary/aromatic N) is 1. The molecule has 0 saturated heterocycles. The zero-order valence-corrected chi connectivity index (χ0v) is 17.8. The van der Waals surface area contributed by atoms with E-state index in [2.05, 4.69) is 29.5 Å². The van der Waals surface area contributed by atoms with Gasteiger partial charge in [0, 0.05) is 18.0 Å². The van der Waals surface area contributed by atoms with Crippen molar-refractivity contribution in [1.82, 2.24) is 10.6 Å². The fourth-order valence-corrected chi connectivity index (χ4v) is 3.70. The number of hydrogen-bond donors (Lipinski definition) is 3. The number of thiophene rings is 1. The zero-order chi connectivity index (χ0) is 16.6. The van der Waals surface area contributed by atoms with Gasteiger partial charge in [-0.05, 0) is 25.5 Å². The molecular formula is C14H27IN4O2S2. The third kappa shape index (κ3) is 8.87. The highest BCUT2D eigenvalue weighted by atomic mass is 127. The van der Waals surface area contributed by atoms with Crippen molar-refractivity contribution in [2.75, 3.05) is 7.05 Å². The lowest BCUT2D eigenvalue weighted by Crippen LogP contribution is -2.41. The lowest BCUT2D eigenvalue weighted by atomic mass is 10.1. The highest BCUT2D eigenvalue weighted by Crippen LogP contribution is 2.19. The van der Waals surface area contributed by atoms with Crippen LogP contribution in [0.2, 0.25) is 0 Å². The van der Waals surface area contributed by atoms with E-state index in [1.807, 2.05) is 0 Å². The van der Waals surface area contributed by atoms with Crippen LogP contribution in [0, 0.1) is 0 Å². The molecule has 0 aliphatic heterocycles. The Bertz CT molecular complexity index is 587. The Balaban J connectivity index is 0.00000484.